The summed E-state index contributed by atoms with van der Waals surface area (Å²) in [5.41, 5.74) is 6.32. The largest absolute Gasteiger partial charge is 0.379 e. The summed E-state index contributed by atoms with van der Waals surface area (Å²) in [6.45, 7) is 0.838. The van der Waals surface area contributed by atoms with Gasteiger partial charge in [0.25, 0.3) is 5.69 Å². The number of amides is 1. The zero-order chi connectivity index (χ0) is 15.2. The number of nitro benzene ring substituents is 1. The normalized spacial score (nSPS) is 15.3. The summed E-state index contributed by atoms with van der Waals surface area (Å²) in [7, 11) is 0. The van der Waals surface area contributed by atoms with Crippen LogP contribution < -0.4 is 16.4 Å². The van der Waals surface area contributed by atoms with Crippen molar-refractivity contribution in [3.05, 3.63) is 34.4 Å². The van der Waals surface area contributed by atoms with Gasteiger partial charge in [0, 0.05) is 31.6 Å². The maximum atomic E-state index is 11.7. The highest BCUT2D eigenvalue weighted by atomic mass is 16.6. The molecule has 0 saturated heterocycles. The maximum Gasteiger partial charge on any atom is 0.292 e. The molecule has 1 atom stereocenters. The van der Waals surface area contributed by atoms with Crippen LogP contribution in [0.3, 0.4) is 0 Å². The molecular formula is C14H20N4O3. The van der Waals surface area contributed by atoms with Gasteiger partial charge in [-0.15, -0.1) is 0 Å². The Morgan fingerprint density at radius 1 is 1.43 bits per heavy atom. The molecule has 7 heteroatoms. The molecule has 7 nitrogen and oxygen atoms in total. The second-order valence-corrected chi connectivity index (χ2v) is 5.26. The van der Waals surface area contributed by atoms with Crippen molar-refractivity contribution >= 4 is 17.3 Å². The van der Waals surface area contributed by atoms with Gasteiger partial charge in [0.2, 0.25) is 5.91 Å². The number of nitrogens with zero attached hydrogens (tertiary/aromatic N) is 1. The van der Waals surface area contributed by atoms with Crippen LogP contribution >= 0.6 is 0 Å². The lowest BCUT2D eigenvalue weighted by molar-refractivity contribution is -0.384. The Morgan fingerprint density at radius 3 is 2.81 bits per heavy atom. The van der Waals surface area contributed by atoms with Crippen molar-refractivity contribution in [1.29, 1.82) is 0 Å². The van der Waals surface area contributed by atoms with Crippen LogP contribution in [0.5, 0.6) is 0 Å². The van der Waals surface area contributed by atoms with E-state index in [1.54, 1.807) is 18.2 Å². The molecule has 0 aliphatic heterocycles. The highest BCUT2D eigenvalue weighted by molar-refractivity contribution is 5.76. The van der Waals surface area contributed by atoms with E-state index in [0.29, 0.717) is 24.7 Å². The molecule has 1 amide bonds. The summed E-state index contributed by atoms with van der Waals surface area (Å²) in [4.78, 5) is 22.0. The van der Waals surface area contributed by atoms with E-state index in [0.717, 1.165) is 12.8 Å². The van der Waals surface area contributed by atoms with E-state index in [-0.39, 0.29) is 24.1 Å². The van der Waals surface area contributed by atoms with Crippen LogP contribution in [0.2, 0.25) is 0 Å². The predicted octanol–water partition coefficient (Wildman–Crippen LogP) is 1.25. The molecule has 1 aliphatic carbocycles. The third-order valence-corrected chi connectivity index (χ3v) is 3.53. The van der Waals surface area contributed by atoms with Gasteiger partial charge in [0.1, 0.15) is 5.69 Å². The van der Waals surface area contributed by atoms with Crippen LogP contribution in [0.25, 0.3) is 0 Å². The average Bonchev–Trinajstić information content (AvgIpc) is 3.29. The Labute approximate surface area is 123 Å². The van der Waals surface area contributed by atoms with Crippen molar-refractivity contribution in [2.75, 3.05) is 18.4 Å². The fourth-order valence-corrected chi connectivity index (χ4v) is 2.10. The van der Waals surface area contributed by atoms with E-state index in [4.69, 9.17) is 5.73 Å². The highest BCUT2D eigenvalue weighted by Gasteiger charge is 2.28. The quantitative estimate of drug-likeness (QED) is 0.493. The monoisotopic (exact) mass is 292 g/mol. The van der Waals surface area contributed by atoms with Gasteiger partial charge >= 0.3 is 0 Å². The van der Waals surface area contributed by atoms with Crippen molar-refractivity contribution in [2.45, 2.75) is 25.3 Å². The molecule has 1 aromatic carbocycles. The number of carbonyl (C=O) groups excluding carboxylic acids is 1. The smallest absolute Gasteiger partial charge is 0.292 e. The van der Waals surface area contributed by atoms with E-state index in [9.17, 15) is 14.9 Å². The van der Waals surface area contributed by atoms with Gasteiger partial charge in [-0.3, -0.25) is 14.9 Å². The van der Waals surface area contributed by atoms with Crippen LogP contribution in [0.15, 0.2) is 24.3 Å². The van der Waals surface area contributed by atoms with Crippen LogP contribution in [0.4, 0.5) is 11.4 Å². The first kappa shape index (κ1) is 15.2. The number of rotatable bonds is 8. The van der Waals surface area contributed by atoms with Gasteiger partial charge in [-0.25, -0.2) is 0 Å². The molecule has 114 valence electrons. The Morgan fingerprint density at radius 2 is 2.14 bits per heavy atom. The van der Waals surface area contributed by atoms with Crippen LogP contribution in [0, 0.1) is 16.0 Å². The molecule has 0 spiro atoms. The number of nitrogens with two attached hydrogens (primary N) is 1. The number of benzene rings is 1. The predicted molar refractivity (Wildman–Crippen MR) is 79.9 cm³/mol. The van der Waals surface area contributed by atoms with Gasteiger partial charge in [0.05, 0.1) is 4.92 Å². The standard InChI is InChI=1S/C14H20N4O3/c15-11(10-5-6-10)9-17-14(19)7-8-16-12-3-1-2-4-13(12)18(20)21/h1-4,10-11,16H,5-9,15H2,(H,17,19). The SMILES string of the molecule is NC(CNC(=O)CCNc1ccccc1[N+](=O)[O-])C1CC1. The fraction of sp³-hybridized carbons (Fsp3) is 0.500. The maximum absolute atomic E-state index is 11.7. The summed E-state index contributed by atoms with van der Waals surface area (Å²) in [6.07, 6.45) is 2.55. The van der Waals surface area contributed by atoms with Gasteiger partial charge in [-0.05, 0) is 24.8 Å². The van der Waals surface area contributed by atoms with Crippen molar-refractivity contribution in [3.63, 3.8) is 0 Å². The van der Waals surface area contributed by atoms with Gasteiger partial charge < -0.3 is 16.4 Å². The second-order valence-electron chi connectivity index (χ2n) is 5.26. The Kier molecular flexibility index (Phi) is 5.10. The van der Waals surface area contributed by atoms with E-state index < -0.39 is 4.92 Å². The molecule has 1 fully saturated rings. The molecule has 0 bridgehead atoms. The summed E-state index contributed by atoms with van der Waals surface area (Å²) >= 11 is 0. The Hall–Kier alpha value is -2.15. The molecule has 4 N–H and O–H groups in total. The minimum atomic E-state index is -0.447. The first-order chi connectivity index (χ1) is 10.1. The van der Waals surface area contributed by atoms with Crippen molar-refractivity contribution in [1.82, 2.24) is 5.32 Å². The summed E-state index contributed by atoms with van der Waals surface area (Å²) in [5.74, 6) is 0.451. The van der Waals surface area contributed by atoms with Crippen LogP contribution in [-0.2, 0) is 4.79 Å². The third-order valence-electron chi connectivity index (χ3n) is 3.53. The average molecular weight is 292 g/mol. The van der Waals surface area contributed by atoms with Crippen molar-refractivity contribution in [3.8, 4) is 0 Å². The van der Waals surface area contributed by atoms with Crippen molar-refractivity contribution < 1.29 is 9.72 Å². The molecule has 1 aliphatic rings. The number of nitrogens with one attached hydrogen (secondary N) is 2. The minimum Gasteiger partial charge on any atom is -0.379 e. The number of nitro groups is 1. The summed E-state index contributed by atoms with van der Waals surface area (Å²) < 4.78 is 0. The molecule has 1 unspecified atom stereocenters. The molecule has 1 aromatic rings. The molecule has 0 heterocycles. The minimum absolute atomic E-state index is 0.00802. The topological polar surface area (TPSA) is 110 Å². The van der Waals surface area contributed by atoms with Gasteiger partial charge in [-0.1, -0.05) is 12.1 Å². The number of carbonyl (C=O) groups is 1. The van der Waals surface area contributed by atoms with Crippen molar-refractivity contribution in [2.24, 2.45) is 11.7 Å². The molecule has 2 rings (SSSR count). The lowest BCUT2D eigenvalue weighted by atomic mass is 10.2. The first-order valence-corrected chi connectivity index (χ1v) is 7.07. The van der Waals surface area contributed by atoms with E-state index >= 15 is 0 Å². The zero-order valence-corrected chi connectivity index (χ0v) is 11.7. The third kappa shape index (κ3) is 4.71. The van der Waals surface area contributed by atoms with Crippen LogP contribution in [-0.4, -0.2) is 30.0 Å². The summed E-state index contributed by atoms with van der Waals surface area (Å²) in [5, 5.41) is 16.5. The Balaban J connectivity index is 1.71. The lowest BCUT2D eigenvalue weighted by Gasteiger charge is -2.12. The van der Waals surface area contributed by atoms with E-state index in [1.807, 2.05) is 0 Å². The fourth-order valence-electron chi connectivity index (χ4n) is 2.10. The summed E-state index contributed by atoms with van der Waals surface area (Å²) in [6, 6.07) is 6.41. The van der Waals surface area contributed by atoms with Gasteiger partial charge in [-0.2, -0.15) is 0 Å². The Bertz CT molecular complexity index is 517. The van der Waals surface area contributed by atoms with E-state index in [2.05, 4.69) is 10.6 Å². The molecule has 21 heavy (non-hydrogen) atoms. The van der Waals surface area contributed by atoms with Gasteiger partial charge in [0.15, 0.2) is 0 Å². The number of hydrogen-bond donors (Lipinski definition) is 3. The number of hydrogen-bond acceptors (Lipinski definition) is 5. The highest BCUT2D eigenvalue weighted by Crippen LogP contribution is 2.31. The second kappa shape index (κ2) is 7.03. The molecule has 1 saturated carbocycles. The molecule has 0 radical (unpaired) electrons. The number of para-hydroxylation sites is 2. The van der Waals surface area contributed by atoms with Crippen LogP contribution in [0.1, 0.15) is 19.3 Å². The lowest BCUT2D eigenvalue weighted by Crippen LogP contribution is -2.39. The first-order valence-electron chi connectivity index (χ1n) is 7.07. The zero-order valence-electron chi connectivity index (χ0n) is 11.7. The van der Waals surface area contributed by atoms with E-state index in [1.165, 1.54) is 6.07 Å². The molecule has 0 aromatic heterocycles. The molecular weight excluding hydrogens is 272 g/mol. The number of anilines is 1.